The Bertz CT molecular complexity index is 746. The van der Waals surface area contributed by atoms with Crippen molar-refractivity contribution in [1.29, 1.82) is 0 Å². The Hall–Kier alpha value is -2.40. The maximum Gasteiger partial charge on any atom is 0.254 e. The molecule has 3 N–H and O–H groups in total. The molecular formula is C20H23FN2O2. The predicted octanol–water partition coefficient (Wildman–Crippen LogP) is 3.36. The number of amides is 1. The summed E-state index contributed by atoms with van der Waals surface area (Å²) in [6, 6.07) is 12.1. The van der Waals surface area contributed by atoms with Crippen molar-refractivity contribution >= 4 is 5.91 Å². The third-order valence-electron chi connectivity index (χ3n) is 4.92. The zero-order valence-electron chi connectivity index (χ0n) is 14.3. The monoisotopic (exact) mass is 342 g/mol. The Morgan fingerprint density at radius 1 is 1.20 bits per heavy atom. The van der Waals surface area contributed by atoms with Crippen LogP contribution in [0.4, 0.5) is 4.39 Å². The van der Waals surface area contributed by atoms with Crippen LogP contribution in [0.25, 0.3) is 11.1 Å². The molecule has 1 aliphatic rings. The van der Waals surface area contributed by atoms with E-state index in [0.717, 1.165) is 36.1 Å². The van der Waals surface area contributed by atoms with Crippen LogP contribution in [-0.2, 0) is 0 Å². The smallest absolute Gasteiger partial charge is 0.254 e. The van der Waals surface area contributed by atoms with Gasteiger partial charge in [0.2, 0.25) is 0 Å². The first kappa shape index (κ1) is 17.4. The van der Waals surface area contributed by atoms with E-state index in [1.807, 2.05) is 24.3 Å². The zero-order chi connectivity index (χ0) is 17.8. The number of carbonyl (C=O) groups excluding carboxylic acids is 1. The number of methoxy groups -OCH3 is 1. The van der Waals surface area contributed by atoms with Crippen molar-refractivity contribution in [3.63, 3.8) is 0 Å². The molecule has 1 aliphatic carbocycles. The van der Waals surface area contributed by atoms with Gasteiger partial charge in [0.15, 0.2) is 0 Å². The van der Waals surface area contributed by atoms with Gasteiger partial charge in [-0.05, 0) is 60.7 Å². The van der Waals surface area contributed by atoms with Crippen LogP contribution in [-0.4, -0.2) is 25.6 Å². The first-order valence-electron chi connectivity index (χ1n) is 8.57. The normalized spacial score (nSPS) is 19.6. The fourth-order valence-electron chi connectivity index (χ4n) is 3.42. The fraction of sp³-hybridized carbons (Fsp3) is 0.350. The Labute approximate surface area is 147 Å². The summed E-state index contributed by atoms with van der Waals surface area (Å²) >= 11 is 0. The van der Waals surface area contributed by atoms with Gasteiger partial charge in [-0.2, -0.15) is 0 Å². The standard InChI is InChI=1S/C20H23FN2O2/c1-25-16-8-5-13(6-9-16)14-7-10-17(18(21)11-14)20(24)23-19-4-2-3-15(19)12-22/h5-11,15,19H,2-4,12,22H2,1H3,(H,23,24). The number of benzene rings is 2. The molecule has 0 aliphatic heterocycles. The van der Waals surface area contributed by atoms with Crippen molar-refractivity contribution in [2.24, 2.45) is 11.7 Å². The van der Waals surface area contributed by atoms with Crippen molar-refractivity contribution in [3.05, 3.63) is 53.8 Å². The lowest BCUT2D eigenvalue weighted by molar-refractivity contribution is 0.0924. The lowest BCUT2D eigenvalue weighted by Crippen LogP contribution is -2.40. The maximum absolute atomic E-state index is 14.5. The summed E-state index contributed by atoms with van der Waals surface area (Å²) in [5, 5.41) is 2.94. The van der Waals surface area contributed by atoms with Crippen LogP contribution in [0.3, 0.4) is 0 Å². The maximum atomic E-state index is 14.5. The van der Waals surface area contributed by atoms with Crippen molar-refractivity contribution in [2.45, 2.75) is 25.3 Å². The molecule has 0 spiro atoms. The van der Waals surface area contributed by atoms with Crippen molar-refractivity contribution in [2.75, 3.05) is 13.7 Å². The molecule has 1 fully saturated rings. The van der Waals surface area contributed by atoms with Gasteiger partial charge < -0.3 is 15.8 Å². The van der Waals surface area contributed by atoms with E-state index in [1.165, 1.54) is 12.1 Å². The van der Waals surface area contributed by atoms with E-state index >= 15 is 0 Å². The highest BCUT2D eigenvalue weighted by Gasteiger charge is 2.28. The van der Waals surface area contributed by atoms with Crippen LogP contribution in [0.5, 0.6) is 5.75 Å². The molecule has 2 aromatic carbocycles. The van der Waals surface area contributed by atoms with E-state index in [9.17, 15) is 9.18 Å². The van der Waals surface area contributed by atoms with Gasteiger partial charge in [0, 0.05) is 6.04 Å². The minimum atomic E-state index is -0.520. The number of nitrogens with two attached hydrogens (primary N) is 1. The molecule has 2 atom stereocenters. The van der Waals surface area contributed by atoms with Crippen molar-refractivity contribution in [1.82, 2.24) is 5.32 Å². The van der Waals surface area contributed by atoms with Gasteiger partial charge in [-0.15, -0.1) is 0 Å². The molecule has 0 bridgehead atoms. The summed E-state index contributed by atoms with van der Waals surface area (Å²) in [4.78, 5) is 12.4. The van der Waals surface area contributed by atoms with Crippen LogP contribution in [0.15, 0.2) is 42.5 Å². The SMILES string of the molecule is COc1ccc(-c2ccc(C(=O)NC3CCCC3CN)c(F)c2)cc1. The molecule has 1 amide bonds. The zero-order valence-corrected chi connectivity index (χ0v) is 14.3. The van der Waals surface area contributed by atoms with Gasteiger partial charge in [0.05, 0.1) is 12.7 Å². The van der Waals surface area contributed by atoms with E-state index in [4.69, 9.17) is 10.5 Å². The van der Waals surface area contributed by atoms with Crippen LogP contribution in [0.2, 0.25) is 0 Å². The van der Waals surface area contributed by atoms with E-state index in [0.29, 0.717) is 6.54 Å². The molecule has 3 rings (SSSR count). The molecule has 4 nitrogen and oxygen atoms in total. The van der Waals surface area contributed by atoms with E-state index in [-0.39, 0.29) is 23.4 Å². The third kappa shape index (κ3) is 3.82. The lowest BCUT2D eigenvalue weighted by atomic mass is 10.0. The van der Waals surface area contributed by atoms with Gasteiger partial charge in [-0.25, -0.2) is 4.39 Å². The highest BCUT2D eigenvalue weighted by molar-refractivity contribution is 5.95. The van der Waals surface area contributed by atoms with Gasteiger partial charge in [-0.3, -0.25) is 4.79 Å². The van der Waals surface area contributed by atoms with Gasteiger partial charge >= 0.3 is 0 Å². The summed E-state index contributed by atoms with van der Waals surface area (Å²) in [5.74, 6) is 0.133. The average molecular weight is 342 g/mol. The number of nitrogens with one attached hydrogen (secondary N) is 1. The quantitative estimate of drug-likeness (QED) is 0.876. The van der Waals surface area contributed by atoms with Gasteiger partial charge in [-0.1, -0.05) is 24.6 Å². The second-order valence-electron chi connectivity index (χ2n) is 6.43. The molecular weight excluding hydrogens is 319 g/mol. The van der Waals surface area contributed by atoms with Crippen molar-refractivity contribution in [3.8, 4) is 16.9 Å². The molecule has 1 saturated carbocycles. The van der Waals surface area contributed by atoms with E-state index in [2.05, 4.69) is 5.32 Å². The van der Waals surface area contributed by atoms with Crippen LogP contribution >= 0.6 is 0 Å². The molecule has 132 valence electrons. The van der Waals surface area contributed by atoms with Crippen LogP contribution in [0, 0.1) is 11.7 Å². The van der Waals surface area contributed by atoms with Gasteiger partial charge in [0.25, 0.3) is 5.91 Å². The molecule has 5 heteroatoms. The second-order valence-corrected chi connectivity index (χ2v) is 6.43. The average Bonchev–Trinajstić information content (AvgIpc) is 3.08. The predicted molar refractivity (Wildman–Crippen MR) is 96.0 cm³/mol. The minimum Gasteiger partial charge on any atom is -0.497 e. The van der Waals surface area contributed by atoms with Crippen molar-refractivity contribution < 1.29 is 13.9 Å². The largest absolute Gasteiger partial charge is 0.497 e. The molecule has 25 heavy (non-hydrogen) atoms. The second kappa shape index (κ2) is 7.66. The highest BCUT2D eigenvalue weighted by atomic mass is 19.1. The fourth-order valence-corrected chi connectivity index (χ4v) is 3.42. The minimum absolute atomic E-state index is 0.0400. The number of ether oxygens (including phenoxy) is 1. The molecule has 0 radical (unpaired) electrons. The Balaban J connectivity index is 1.75. The molecule has 2 unspecified atom stereocenters. The van der Waals surface area contributed by atoms with Crippen LogP contribution < -0.4 is 15.8 Å². The highest BCUT2D eigenvalue weighted by Crippen LogP contribution is 2.26. The summed E-state index contributed by atoms with van der Waals surface area (Å²) in [6.07, 6.45) is 2.96. The number of hydrogen-bond donors (Lipinski definition) is 2. The Morgan fingerprint density at radius 3 is 2.56 bits per heavy atom. The molecule has 2 aromatic rings. The third-order valence-corrected chi connectivity index (χ3v) is 4.92. The lowest BCUT2D eigenvalue weighted by Gasteiger charge is -2.19. The summed E-state index contributed by atoms with van der Waals surface area (Å²) < 4.78 is 19.6. The number of halogens is 1. The molecule has 0 saturated heterocycles. The Kier molecular flexibility index (Phi) is 5.34. The summed E-state index contributed by atoms with van der Waals surface area (Å²) in [5.41, 5.74) is 7.39. The molecule has 0 aromatic heterocycles. The van der Waals surface area contributed by atoms with Gasteiger partial charge in [0.1, 0.15) is 11.6 Å². The number of rotatable bonds is 5. The molecule has 0 heterocycles. The first-order chi connectivity index (χ1) is 12.1. The van der Waals surface area contributed by atoms with E-state index < -0.39 is 5.82 Å². The van der Waals surface area contributed by atoms with Crippen LogP contribution in [0.1, 0.15) is 29.6 Å². The Morgan fingerprint density at radius 2 is 1.92 bits per heavy atom. The topological polar surface area (TPSA) is 64.3 Å². The first-order valence-corrected chi connectivity index (χ1v) is 8.57. The number of hydrogen-bond acceptors (Lipinski definition) is 3. The summed E-state index contributed by atoms with van der Waals surface area (Å²) in [7, 11) is 1.60. The number of carbonyl (C=O) groups is 1. The summed E-state index contributed by atoms with van der Waals surface area (Å²) in [6.45, 7) is 0.545. The van der Waals surface area contributed by atoms with E-state index in [1.54, 1.807) is 13.2 Å².